The zero-order valence-electron chi connectivity index (χ0n) is 12.5. The van der Waals surface area contributed by atoms with Crippen LogP contribution in [0.15, 0.2) is 0 Å². The van der Waals surface area contributed by atoms with Crippen LogP contribution in [0.5, 0.6) is 0 Å². The van der Waals surface area contributed by atoms with Crippen LogP contribution >= 0.6 is 0 Å². The Morgan fingerprint density at radius 2 is 1.78 bits per heavy atom. The summed E-state index contributed by atoms with van der Waals surface area (Å²) in [6.07, 6.45) is 13.0. The highest BCUT2D eigenvalue weighted by Gasteiger charge is 2.34. The first-order chi connectivity index (χ1) is 8.76. The van der Waals surface area contributed by atoms with E-state index in [9.17, 15) is 0 Å². The minimum absolute atomic E-state index is 0.575. The van der Waals surface area contributed by atoms with Gasteiger partial charge in [-0.2, -0.15) is 0 Å². The van der Waals surface area contributed by atoms with Crippen LogP contribution in [0, 0.1) is 5.41 Å². The zero-order valence-corrected chi connectivity index (χ0v) is 12.5. The molecule has 2 fully saturated rings. The topological polar surface area (TPSA) is 15.3 Å². The van der Waals surface area contributed by atoms with Crippen LogP contribution in [0.4, 0.5) is 0 Å². The van der Waals surface area contributed by atoms with Crippen LogP contribution in [-0.4, -0.2) is 37.6 Å². The van der Waals surface area contributed by atoms with Gasteiger partial charge in [-0.1, -0.05) is 32.1 Å². The van der Waals surface area contributed by atoms with Gasteiger partial charge in [0.1, 0.15) is 0 Å². The summed E-state index contributed by atoms with van der Waals surface area (Å²) >= 11 is 0. The van der Waals surface area contributed by atoms with Crippen molar-refractivity contribution in [2.45, 2.75) is 70.8 Å². The van der Waals surface area contributed by atoms with Crippen molar-refractivity contribution >= 4 is 0 Å². The largest absolute Gasteiger partial charge is 0.319 e. The fraction of sp³-hybridized carbons (Fsp3) is 1.00. The number of nitrogens with zero attached hydrogens (tertiary/aromatic N) is 1. The molecule has 1 aliphatic heterocycles. The molecule has 106 valence electrons. The molecule has 1 unspecified atom stereocenters. The Labute approximate surface area is 114 Å². The Hall–Kier alpha value is -0.0800. The van der Waals surface area contributed by atoms with Gasteiger partial charge in [0, 0.05) is 19.1 Å². The molecular weight excluding hydrogens is 220 g/mol. The normalized spacial score (nSPS) is 30.0. The molecule has 0 bridgehead atoms. The van der Waals surface area contributed by atoms with E-state index in [1.54, 1.807) is 0 Å². The fourth-order valence-corrected chi connectivity index (χ4v) is 4.07. The van der Waals surface area contributed by atoms with Gasteiger partial charge in [0.25, 0.3) is 0 Å². The summed E-state index contributed by atoms with van der Waals surface area (Å²) in [5.41, 5.74) is 0.575. The number of likely N-dealkylation sites (tertiary alicyclic amines) is 1. The molecule has 0 aromatic heterocycles. The maximum Gasteiger partial charge on any atom is 0.00671 e. The van der Waals surface area contributed by atoms with E-state index in [2.05, 4.69) is 24.2 Å². The van der Waals surface area contributed by atoms with Gasteiger partial charge in [0.05, 0.1) is 0 Å². The van der Waals surface area contributed by atoms with E-state index >= 15 is 0 Å². The second-order valence-corrected chi connectivity index (χ2v) is 6.76. The standard InChI is InChI=1S/C16H32N2/c1-15-9-5-3-8-12-18(15)14-16(13-17-2)10-6-4-7-11-16/h15,17H,3-14H2,1-2H3. The molecule has 1 saturated carbocycles. The summed E-state index contributed by atoms with van der Waals surface area (Å²) in [6, 6.07) is 0.808. The van der Waals surface area contributed by atoms with Crippen molar-refractivity contribution in [1.82, 2.24) is 10.2 Å². The molecule has 1 atom stereocenters. The highest BCUT2D eigenvalue weighted by atomic mass is 15.2. The van der Waals surface area contributed by atoms with E-state index in [0.29, 0.717) is 5.41 Å². The number of rotatable bonds is 4. The Kier molecular flexibility index (Phi) is 5.50. The molecule has 18 heavy (non-hydrogen) atoms. The Bertz CT molecular complexity index is 228. The van der Waals surface area contributed by atoms with Crippen molar-refractivity contribution in [3.63, 3.8) is 0 Å². The highest BCUT2D eigenvalue weighted by molar-refractivity contribution is 4.89. The molecule has 0 aromatic carbocycles. The van der Waals surface area contributed by atoms with E-state index in [1.165, 1.54) is 77.4 Å². The average Bonchev–Trinajstić information content (AvgIpc) is 2.56. The van der Waals surface area contributed by atoms with E-state index in [0.717, 1.165) is 6.04 Å². The molecule has 0 spiro atoms. The second-order valence-electron chi connectivity index (χ2n) is 6.76. The predicted molar refractivity (Wildman–Crippen MR) is 78.9 cm³/mol. The smallest absolute Gasteiger partial charge is 0.00671 e. The third-order valence-corrected chi connectivity index (χ3v) is 5.20. The fourth-order valence-electron chi connectivity index (χ4n) is 4.07. The van der Waals surface area contributed by atoms with Gasteiger partial charge >= 0.3 is 0 Å². The molecule has 0 aromatic rings. The van der Waals surface area contributed by atoms with E-state index < -0.39 is 0 Å². The maximum absolute atomic E-state index is 3.47. The summed E-state index contributed by atoms with van der Waals surface area (Å²) in [4.78, 5) is 2.80. The Morgan fingerprint density at radius 3 is 2.50 bits per heavy atom. The van der Waals surface area contributed by atoms with E-state index in [4.69, 9.17) is 0 Å². The summed E-state index contributed by atoms with van der Waals surface area (Å²) in [5.74, 6) is 0. The third-order valence-electron chi connectivity index (χ3n) is 5.20. The Balaban J connectivity index is 1.97. The Morgan fingerprint density at radius 1 is 1.06 bits per heavy atom. The minimum atomic E-state index is 0.575. The van der Waals surface area contributed by atoms with Crippen molar-refractivity contribution in [2.75, 3.05) is 26.7 Å². The summed E-state index contributed by atoms with van der Waals surface area (Å²) in [7, 11) is 2.13. The number of hydrogen-bond acceptors (Lipinski definition) is 2. The van der Waals surface area contributed by atoms with Gasteiger partial charge < -0.3 is 10.2 Å². The van der Waals surface area contributed by atoms with Crippen molar-refractivity contribution < 1.29 is 0 Å². The second kappa shape index (κ2) is 6.91. The van der Waals surface area contributed by atoms with Crippen LogP contribution in [0.3, 0.4) is 0 Å². The molecule has 2 heteroatoms. The molecular formula is C16H32N2. The van der Waals surface area contributed by atoms with Crippen molar-refractivity contribution in [3.8, 4) is 0 Å². The van der Waals surface area contributed by atoms with Crippen molar-refractivity contribution in [2.24, 2.45) is 5.41 Å². The monoisotopic (exact) mass is 252 g/mol. The average molecular weight is 252 g/mol. The summed E-state index contributed by atoms with van der Waals surface area (Å²) in [5, 5.41) is 3.47. The van der Waals surface area contributed by atoms with Crippen molar-refractivity contribution in [1.29, 1.82) is 0 Å². The molecule has 2 rings (SSSR count). The lowest BCUT2D eigenvalue weighted by Crippen LogP contribution is -2.47. The quantitative estimate of drug-likeness (QED) is 0.825. The molecule has 1 heterocycles. The lowest BCUT2D eigenvalue weighted by Gasteiger charge is -2.42. The van der Waals surface area contributed by atoms with E-state index in [1.807, 2.05) is 0 Å². The minimum Gasteiger partial charge on any atom is -0.319 e. The van der Waals surface area contributed by atoms with Crippen molar-refractivity contribution in [3.05, 3.63) is 0 Å². The molecule has 0 radical (unpaired) electrons. The predicted octanol–water partition coefficient (Wildman–Crippen LogP) is 3.42. The van der Waals surface area contributed by atoms with Gasteiger partial charge in [-0.15, -0.1) is 0 Å². The molecule has 0 amide bonds. The first kappa shape index (κ1) is 14.3. The lowest BCUT2D eigenvalue weighted by molar-refractivity contribution is 0.0823. The third kappa shape index (κ3) is 3.71. The lowest BCUT2D eigenvalue weighted by atomic mass is 9.73. The molecule has 2 nitrogen and oxygen atoms in total. The van der Waals surface area contributed by atoms with Crippen LogP contribution in [0.2, 0.25) is 0 Å². The molecule has 1 N–H and O–H groups in total. The molecule has 1 saturated heterocycles. The van der Waals surface area contributed by atoms with Gasteiger partial charge in [-0.25, -0.2) is 0 Å². The first-order valence-electron chi connectivity index (χ1n) is 8.14. The number of nitrogens with one attached hydrogen (secondary N) is 1. The first-order valence-corrected chi connectivity index (χ1v) is 8.14. The van der Waals surface area contributed by atoms with Gasteiger partial charge in [-0.3, -0.25) is 0 Å². The zero-order chi connectivity index (χ0) is 12.8. The SMILES string of the molecule is CNCC1(CN2CCCCCC2C)CCCCC1. The van der Waals surface area contributed by atoms with Crippen LogP contribution in [0.1, 0.15) is 64.7 Å². The van der Waals surface area contributed by atoms with E-state index in [-0.39, 0.29) is 0 Å². The van der Waals surface area contributed by atoms with Gasteiger partial charge in [-0.05, 0) is 51.6 Å². The van der Waals surface area contributed by atoms with Crippen LogP contribution < -0.4 is 5.32 Å². The molecule has 2 aliphatic rings. The van der Waals surface area contributed by atoms with Gasteiger partial charge in [0.2, 0.25) is 0 Å². The van der Waals surface area contributed by atoms with Crippen LogP contribution in [-0.2, 0) is 0 Å². The maximum atomic E-state index is 3.47. The summed E-state index contributed by atoms with van der Waals surface area (Å²) in [6.45, 7) is 6.35. The molecule has 1 aliphatic carbocycles. The van der Waals surface area contributed by atoms with Gasteiger partial charge in [0.15, 0.2) is 0 Å². The van der Waals surface area contributed by atoms with Crippen LogP contribution in [0.25, 0.3) is 0 Å². The number of hydrogen-bond donors (Lipinski definition) is 1. The summed E-state index contributed by atoms with van der Waals surface area (Å²) < 4.78 is 0. The highest BCUT2D eigenvalue weighted by Crippen LogP contribution is 2.37.